The van der Waals surface area contributed by atoms with Crippen molar-refractivity contribution in [2.75, 3.05) is 0 Å². The highest BCUT2D eigenvalue weighted by Crippen LogP contribution is 2.30. The maximum atomic E-state index is 8.94. The van der Waals surface area contributed by atoms with Crippen LogP contribution in [0.4, 0.5) is 0 Å². The first-order valence-electron chi connectivity index (χ1n) is 4.58. The van der Waals surface area contributed by atoms with Gasteiger partial charge in [-0.2, -0.15) is 0 Å². The Morgan fingerprint density at radius 1 is 1.19 bits per heavy atom. The zero-order valence-electron chi connectivity index (χ0n) is 8.19. The van der Waals surface area contributed by atoms with E-state index >= 15 is 0 Å². The van der Waals surface area contributed by atoms with Crippen LogP contribution in [0.2, 0.25) is 5.02 Å². The topological polar surface area (TPSA) is 46.0 Å². The second-order valence-corrected chi connectivity index (χ2v) is 4.31. The van der Waals surface area contributed by atoms with Crippen LogP contribution in [-0.4, -0.2) is 15.1 Å². The van der Waals surface area contributed by atoms with E-state index in [4.69, 9.17) is 16.7 Å². The predicted molar refractivity (Wildman–Crippen MR) is 66.1 cm³/mol. The molecule has 1 heterocycles. The summed E-state index contributed by atoms with van der Waals surface area (Å²) in [7, 11) is 0. The maximum Gasteiger partial charge on any atom is 0.128 e. The minimum absolute atomic E-state index is 0.0292. The molecule has 0 unspecified atom stereocenters. The summed E-state index contributed by atoms with van der Waals surface area (Å²) in [5.74, 6) is 0. The van der Waals surface area contributed by atoms with Gasteiger partial charge < -0.3 is 5.11 Å². The van der Waals surface area contributed by atoms with Gasteiger partial charge in [-0.1, -0.05) is 35.9 Å². The summed E-state index contributed by atoms with van der Waals surface area (Å²) in [6.45, 7) is 0.0292. The van der Waals surface area contributed by atoms with Gasteiger partial charge in [0.1, 0.15) is 10.9 Å². The summed E-state index contributed by atoms with van der Waals surface area (Å²) >= 11 is 9.33. The molecule has 0 aliphatic carbocycles. The van der Waals surface area contributed by atoms with E-state index < -0.39 is 0 Å². The third-order valence-corrected chi connectivity index (χ3v) is 3.34. The van der Waals surface area contributed by atoms with Gasteiger partial charge in [0.15, 0.2) is 0 Å². The van der Waals surface area contributed by atoms with E-state index in [0.717, 1.165) is 11.1 Å². The quantitative estimate of drug-likeness (QED) is 0.867. The smallest absolute Gasteiger partial charge is 0.128 e. The van der Waals surface area contributed by atoms with Crippen molar-refractivity contribution in [2.24, 2.45) is 0 Å². The third kappa shape index (κ3) is 2.24. The van der Waals surface area contributed by atoms with Crippen LogP contribution in [0.5, 0.6) is 0 Å². The Balaban J connectivity index is 2.46. The number of rotatable bonds is 2. The predicted octanol–water partition coefficient (Wildman–Crippen LogP) is 3.05. The monoisotopic (exact) mass is 298 g/mol. The van der Waals surface area contributed by atoms with Crippen molar-refractivity contribution in [3.05, 3.63) is 45.8 Å². The third-order valence-electron chi connectivity index (χ3n) is 2.16. The van der Waals surface area contributed by atoms with Crippen LogP contribution in [0.15, 0.2) is 35.2 Å². The van der Waals surface area contributed by atoms with Crippen molar-refractivity contribution >= 4 is 27.5 Å². The van der Waals surface area contributed by atoms with E-state index in [1.807, 2.05) is 24.3 Å². The molecular formula is C11H8BrClN2O. The molecule has 0 fully saturated rings. The van der Waals surface area contributed by atoms with Gasteiger partial charge >= 0.3 is 0 Å². The van der Waals surface area contributed by atoms with E-state index in [0.29, 0.717) is 15.3 Å². The van der Waals surface area contributed by atoms with E-state index in [1.165, 1.54) is 6.33 Å². The first-order valence-corrected chi connectivity index (χ1v) is 5.75. The zero-order valence-corrected chi connectivity index (χ0v) is 10.5. The SMILES string of the molecule is OCc1ccc(-c2ncnc(Br)c2Cl)cc1. The Morgan fingerprint density at radius 2 is 1.88 bits per heavy atom. The number of nitrogens with zero attached hydrogens (tertiary/aromatic N) is 2. The van der Waals surface area contributed by atoms with E-state index in [-0.39, 0.29) is 6.61 Å². The lowest BCUT2D eigenvalue weighted by atomic mass is 10.1. The van der Waals surface area contributed by atoms with Crippen LogP contribution >= 0.6 is 27.5 Å². The summed E-state index contributed by atoms with van der Waals surface area (Å²) in [5, 5.41) is 9.42. The van der Waals surface area contributed by atoms with E-state index in [9.17, 15) is 0 Å². The van der Waals surface area contributed by atoms with Crippen LogP contribution in [0, 0.1) is 0 Å². The summed E-state index contributed by atoms with van der Waals surface area (Å²) in [4.78, 5) is 8.06. The Bertz CT molecular complexity index is 502. The van der Waals surface area contributed by atoms with Gasteiger partial charge in [-0.15, -0.1) is 0 Å². The number of hydrogen-bond donors (Lipinski definition) is 1. The fourth-order valence-electron chi connectivity index (χ4n) is 1.32. The summed E-state index contributed by atoms with van der Waals surface area (Å²) in [5.41, 5.74) is 2.42. The average molecular weight is 300 g/mol. The highest BCUT2D eigenvalue weighted by molar-refractivity contribution is 9.10. The van der Waals surface area contributed by atoms with Gasteiger partial charge in [0.2, 0.25) is 0 Å². The first kappa shape index (κ1) is 11.5. The van der Waals surface area contributed by atoms with Gasteiger partial charge in [0, 0.05) is 5.56 Å². The number of benzene rings is 1. The van der Waals surface area contributed by atoms with Crippen molar-refractivity contribution < 1.29 is 5.11 Å². The highest BCUT2D eigenvalue weighted by atomic mass is 79.9. The summed E-state index contributed by atoms with van der Waals surface area (Å²) < 4.78 is 0.574. The number of halogens is 2. The minimum atomic E-state index is 0.0292. The fourth-order valence-corrected chi connectivity index (χ4v) is 1.80. The second-order valence-electron chi connectivity index (χ2n) is 3.18. The highest BCUT2D eigenvalue weighted by Gasteiger charge is 2.08. The van der Waals surface area contributed by atoms with Crippen LogP contribution < -0.4 is 0 Å². The van der Waals surface area contributed by atoms with E-state index in [1.54, 1.807) is 0 Å². The second kappa shape index (κ2) is 4.91. The molecule has 1 N–H and O–H groups in total. The Morgan fingerprint density at radius 3 is 2.50 bits per heavy atom. The van der Waals surface area contributed by atoms with Gasteiger partial charge in [0.05, 0.1) is 17.3 Å². The van der Waals surface area contributed by atoms with Crippen LogP contribution in [0.3, 0.4) is 0 Å². The molecule has 82 valence electrons. The molecule has 0 saturated carbocycles. The van der Waals surface area contributed by atoms with Crippen LogP contribution in [-0.2, 0) is 6.61 Å². The van der Waals surface area contributed by atoms with Gasteiger partial charge in [-0.25, -0.2) is 9.97 Å². The fraction of sp³-hybridized carbons (Fsp3) is 0.0909. The average Bonchev–Trinajstić information content (AvgIpc) is 2.33. The normalized spacial score (nSPS) is 10.4. The minimum Gasteiger partial charge on any atom is -0.392 e. The lowest BCUT2D eigenvalue weighted by molar-refractivity contribution is 0.282. The van der Waals surface area contributed by atoms with E-state index in [2.05, 4.69) is 25.9 Å². The lowest BCUT2D eigenvalue weighted by Crippen LogP contribution is -1.89. The molecule has 0 spiro atoms. The van der Waals surface area contributed by atoms with Crippen molar-refractivity contribution in [2.45, 2.75) is 6.61 Å². The van der Waals surface area contributed by atoms with Gasteiger partial charge in [-0.3, -0.25) is 0 Å². The molecule has 16 heavy (non-hydrogen) atoms. The molecule has 2 rings (SSSR count). The lowest BCUT2D eigenvalue weighted by Gasteiger charge is -2.04. The molecule has 0 saturated heterocycles. The molecule has 2 aromatic rings. The van der Waals surface area contributed by atoms with Crippen molar-refractivity contribution in [3.63, 3.8) is 0 Å². The zero-order chi connectivity index (χ0) is 11.5. The van der Waals surface area contributed by atoms with Crippen LogP contribution in [0.1, 0.15) is 5.56 Å². The maximum absolute atomic E-state index is 8.94. The Kier molecular flexibility index (Phi) is 3.53. The first-order chi connectivity index (χ1) is 7.72. The van der Waals surface area contributed by atoms with Gasteiger partial charge in [-0.05, 0) is 21.5 Å². The van der Waals surface area contributed by atoms with Crippen molar-refractivity contribution in [1.82, 2.24) is 9.97 Å². The van der Waals surface area contributed by atoms with Crippen LogP contribution in [0.25, 0.3) is 11.3 Å². The molecule has 0 bridgehead atoms. The number of hydrogen-bond acceptors (Lipinski definition) is 3. The Labute approximate surface area is 106 Å². The molecular weight excluding hydrogens is 291 g/mol. The van der Waals surface area contributed by atoms with Crippen molar-refractivity contribution in [3.8, 4) is 11.3 Å². The standard InChI is InChI=1S/C11H8BrClN2O/c12-11-9(13)10(14-6-15-11)8-3-1-7(5-16)2-4-8/h1-4,6,16H,5H2. The molecule has 0 radical (unpaired) electrons. The largest absolute Gasteiger partial charge is 0.392 e. The van der Waals surface area contributed by atoms with Crippen molar-refractivity contribution in [1.29, 1.82) is 0 Å². The molecule has 0 aliphatic rings. The number of aliphatic hydroxyl groups is 1. The summed E-state index contributed by atoms with van der Waals surface area (Å²) in [6, 6.07) is 7.40. The number of aliphatic hydroxyl groups excluding tert-OH is 1. The molecule has 3 nitrogen and oxygen atoms in total. The molecule has 0 amide bonds. The Hall–Kier alpha value is -0.970. The molecule has 1 aromatic heterocycles. The molecule has 0 atom stereocenters. The summed E-state index contributed by atoms with van der Waals surface area (Å²) in [6.07, 6.45) is 1.45. The molecule has 0 aliphatic heterocycles. The molecule has 1 aromatic carbocycles. The van der Waals surface area contributed by atoms with Gasteiger partial charge in [0.25, 0.3) is 0 Å². The number of aromatic nitrogens is 2. The molecule has 5 heteroatoms.